The van der Waals surface area contributed by atoms with E-state index < -0.39 is 17.8 Å². The van der Waals surface area contributed by atoms with Crippen molar-refractivity contribution in [1.29, 1.82) is 0 Å². The normalized spacial score (nSPS) is 13.3. The topological polar surface area (TPSA) is 20.2 Å². The Bertz CT molecular complexity index is 539. The molecule has 19 heavy (non-hydrogen) atoms. The van der Waals surface area contributed by atoms with Crippen LogP contribution < -0.4 is 0 Å². The van der Waals surface area contributed by atoms with Gasteiger partial charge >= 0.3 is 6.18 Å². The molecule has 1 unspecified atom stereocenters. The molecule has 0 bridgehead atoms. The molecular formula is C15H13F3O. The number of hydrogen-bond donors (Lipinski definition) is 1. The minimum atomic E-state index is -4.31. The van der Waals surface area contributed by atoms with Gasteiger partial charge in [0.2, 0.25) is 0 Å². The van der Waals surface area contributed by atoms with E-state index in [4.69, 9.17) is 0 Å². The SMILES string of the molecule is CC(O)c1ccc(-c2ccc(C(F)(F)F)cc2)cc1. The van der Waals surface area contributed by atoms with Crippen molar-refractivity contribution in [3.63, 3.8) is 0 Å². The Morgan fingerprint density at radius 2 is 1.26 bits per heavy atom. The van der Waals surface area contributed by atoms with Crippen molar-refractivity contribution < 1.29 is 18.3 Å². The molecule has 0 amide bonds. The number of alkyl halides is 3. The molecule has 0 heterocycles. The fourth-order valence-electron chi connectivity index (χ4n) is 1.81. The molecule has 0 aliphatic rings. The van der Waals surface area contributed by atoms with Gasteiger partial charge in [0.15, 0.2) is 0 Å². The van der Waals surface area contributed by atoms with E-state index in [2.05, 4.69) is 0 Å². The summed E-state index contributed by atoms with van der Waals surface area (Å²) in [5.41, 5.74) is 1.65. The Hall–Kier alpha value is -1.81. The first kappa shape index (κ1) is 13.6. The highest BCUT2D eigenvalue weighted by Gasteiger charge is 2.29. The van der Waals surface area contributed by atoms with Crippen LogP contribution in [0.3, 0.4) is 0 Å². The third-order valence-corrected chi connectivity index (χ3v) is 2.94. The summed E-state index contributed by atoms with van der Waals surface area (Å²) in [4.78, 5) is 0. The summed E-state index contributed by atoms with van der Waals surface area (Å²) >= 11 is 0. The molecule has 2 rings (SSSR count). The molecule has 2 aromatic carbocycles. The summed E-state index contributed by atoms with van der Waals surface area (Å²) in [6.07, 6.45) is -4.86. The van der Waals surface area contributed by atoms with E-state index in [-0.39, 0.29) is 0 Å². The summed E-state index contributed by atoms with van der Waals surface area (Å²) in [5.74, 6) is 0. The molecule has 1 nitrogen and oxygen atoms in total. The average molecular weight is 266 g/mol. The Labute approximate surface area is 109 Å². The van der Waals surface area contributed by atoms with Crippen molar-refractivity contribution in [2.75, 3.05) is 0 Å². The van der Waals surface area contributed by atoms with Gasteiger partial charge in [0.05, 0.1) is 11.7 Å². The molecule has 4 heteroatoms. The van der Waals surface area contributed by atoms with Crippen LogP contribution >= 0.6 is 0 Å². The minimum absolute atomic E-state index is 0.554. The van der Waals surface area contributed by atoms with E-state index in [1.807, 2.05) is 0 Å². The van der Waals surface area contributed by atoms with Gasteiger partial charge in [-0.2, -0.15) is 13.2 Å². The van der Waals surface area contributed by atoms with Crippen molar-refractivity contribution in [3.8, 4) is 11.1 Å². The highest BCUT2D eigenvalue weighted by molar-refractivity contribution is 5.64. The largest absolute Gasteiger partial charge is 0.416 e. The fourth-order valence-corrected chi connectivity index (χ4v) is 1.81. The second-order valence-corrected chi connectivity index (χ2v) is 4.37. The van der Waals surface area contributed by atoms with E-state index in [1.165, 1.54) is 12.1 Å². The second-order valence-electron chi connectivity index (χ2n) is 4.37. The molecule has 0 fully saturated rings. The van der Waals surface area contributed by atoms with Crippen LogP contribution in [0.5, 0.6) is 0 Å². The van der Waals surface area contributed by atoms with E-state index in [1.54, 1.807) is 31.2 Å². The maximum absolute atomic E-state index is 12.4. The number of aliphatic hydroxyl groups is 1. The first-order valence-corrected chi connectivity index (χ1v) is 5.83. The van der Waals surface area contributed by atoms with Crippen molar-refractivity contribution in [2.24, 2.45) is 0 Å². The highest BCUT2D eigenvalue weighted by Crippen LogP contribution is 2.31. The van der Waals surface area contributed by atoms with E-state index in [0.717, 1.165) is 23.3 Å². The average Bonchev–Trinajstić information content (AvgIpc) is 2.38. The summed E-state index contributed by atoms with van der Waals surface area (Å²) in [5, 5.41) is 9.39. The second kappa shape index (κ2) is 5.05. The molecule has 0 aliphatic carbocycles. The van der Waals surface area contributed by atoms with Gasteiger partial charge in [0, 0.05) is 0 Å². The maximum Gasteiger partial charge on any atom is 0.416 e. The van der Waals surface area contributed by atoms with Gasteiger partial charge in [-0.25, -0.2) is 0 Å². The van der Waals surface area contributed by atoms with E-state index in [9.17, 15) is 18.3 Å². The number of hydrogen-bond acceptors (Lipinski definition) is 1. The lowest BCUT2D eigenvalue weighted by atomic mass is 10.0. The highest BCUT2D eigenvalue weighted by atomic mass is 19.4. The molecule has 2 aromatic rings. The monoisotopic (exact) mass is 266 g/mol. The van der Waals surface area contributed by atoms with Gasteiger partial charge in [-0.1, -0.05) is 36.4 Å². The molecule has 0 saturated heterocycles. The van der Waals surface area contributed by atoms with E-state index in [0.29, 0.717) is 5.56 Å². The quantitative estimate of drug-likeness (QED) is 0.852. The molecule has 0 aliphatic heterocycles. The van der Waals surface area contributed by atoms with Crippen LogP contribution in [0.15, 0.2) is 48.5 Å². The number of rotatable bonds is 2. The lowest BCUT2D eigenvalue weighted by Crippen LogP contribution is -2.03. The third-order valence-electron chi connectivity index (χ3n) is 2.94. The standard InChI is InChI=1S/C15H13F3O/c1-10(19)11-2-4-12(5-3-11)13-6-8-14(9-7-13)15(16,17)18/h2-10,19H,1H3. The van der Waals surface area contributed by atoms with Crippen LogP contribution in [0.4, 0.5) is 13.2 Å². The van der Waals surface area contributed by atoms with Crippen LogP contribution in [0.25, 0.3) is 11.1 Å². The lowest BCUT2D eigenvalue weighted by Gasteiger charge is -2.09. The predicted molar refractivity (Wildman–Crippen MR) is 67.5 cm³/mol. The molecule has 0 radical (unpaired) electrons. The van der Waals surface area contributed by atoms with Gasteiger partial charge in [-0.15, -0.1) is 0 Å². The molecule has 1 N–H and O–H groups in total. The lowest BCUT2D eigenvalue weighted by molar-refractivity contribution is -0.137. The zero-order valence-corrected chi connectivity index (χ0v) is 10.3. The molecule has 100 valence electrons. The molecule has 0 spiro atoms. The van der Waals surface area contributed by atoms with Gasteiger partial charge in [0.1, 0.15) is 0 Å². The van der Waals surface area contributed by atoms with Crippen LogP contribution in [0.2, 0.25) is 0 Å². The van der Waals surface area contributed by atoms with Crippen molar-refractivity contribution >= 4 is 0 Å². The summed E-state index contributed by atoms with van der Waals surface area (Å²) in [7, 11) is 0. The van der Waals surface area contributed by atoms with Gasteiger partial charge in [-0.05, 0) is 35.7 Å². The van der Waals surface area contributed by atoms with E-state index >= 15 is 0 Å². The molecular weight excluding hydrogens is 253 g/mol. The van der Waals surface area contributed by atoms with Crippen LogP contribution in [0, 0.1) is 0 Å². The first-order valence-electron chi connectivity index (χ1n) is 5.83. The van der Waals surface area contributed by atoms with Gasteiger partial charge in [0.25, 0.3) is 0 Å². The van der Waals surface area contributed by atoms with Gasteiger partial charge in [-0.3, -0.25) is 0 Å². The Kier molecular flexibility index (Phi) is 3.62. The van der Waals surface area contributed by atoms with Crippen LogP contribution in [0.1, 0.15) is 24.2 Å². The van der Waals surface area contributed by atoms with Crippen LogP contribution in [-0.2, 0) is 6.18 Å². The Morgan fingerprint density at radius 1 is 0.842 bits per heavy atom. The number of benzene rings is 2. The smallest absolute Gasteiger partial charge is 0.389 e. The predicted octanol–water partition coefficient (Wildman–Crippen LogP) is 4.43. The van der Waals surface area contributed by atoms with Gasteiger partial charge < -0.3 is 5.11 Å². The zero-order chi connectivity index (χ0) is 14.0. The summed E-state index contributed by atoms with van der Waals surface area (Å²) in [6, 6.07) is 12.1. The number of halogens is 3. The maximum atomic E-state index is 12.4. The Balaban J connectivity index is 2.27. The third kappa shape index (κ3) is 3.15. The Morgan fingerprint density at radius 3 is 1.63 bits per heavy atom. The fraction of sp³-hybridized carbons (Fsp3) is 0.200. The first-order chi connectivity index (χ1) is 8.88. The number of aliphatic hydroxyl groups excluding tert-OH is 1. The molecule has 1 atom stereocenters. The van der Waals surface area contributed by atoms with Crippen molar-refractivity contribution in [1.82, 2.24) is 0 Å². The summed E-state index contributed by atoms with van der Waals surface area (Å²) < 4.78 is 37.3. The minimum Gasteiger partial charge on any atom is -0.389 e. The van der Waals surface area contributed by atoms with Crippen molar-refractivity contribution in [2.45, 2.75) is 19.2 Å². The van der Waals surface area contributed by atoms with Crippen molar-refractivity contribution in [3.05, 3.63) is 59.7 Å². The zero-order valence-electron chi connectivity index (χ0n) is 10.3. The molecule has 0 saturated carbocycles. The van der Waals surface area contributed by atoms with Crippen LogP contribution in [-0.4, -0.2) is 5.11 Å². The summed E-state index contributed by atoms with van der Waals surface area (Å²) in [6.45, 7) is 1.66. The molecule has 0 aromatic heterocycles.